The maximum Gasteiger partial charge on any atom is 0.326 e. The van der Waals surface area contributed by atoms with Crippen molar-refractivity contribution >= 4 is 17.4 Å². The van der Waals surface area contributed by atoms with E-state index in [2.05, 4.69) is 22.4 Å². The Balaban J connectivity index is 1.18. The third kappa shape index (κ3) is 7.68. The number of anilines is 1. The predicted molar refractivity (Wildman–Crippen MR) is 145 cm³/mol. The van der Waals surface area contributed by atoms with Gasteiger partial charge in [-0.3, -0.25) is 15.3 Å². The summed E-state index contributed by atoms with van der Waals surface area (Å²) in [5, 5.41) is 12.6. The maximum absolute atomic E-state index is 11.7. The van der Waals surface area contributed by atoms with E-state index in [1.165, 1.54) is 0 Å². The van der Waals surface area contributed by atoms with E-state index in [1.807, 2.05) is 97.1 Å². The summed E-state index contributed by atoms with van der Waals surface area (Å²) in [5.74, 6) is -0.223. The van der Waals surface area contributed by atoms with E-state index in [9.17, 15) is 9.90 Å². The highest BCUT2D eigenvalue weighted by molar-refractivity contribution is 5.77. The standard InChI is InChI=1S/C30H29N3O4/c1-22(24-12-14-25(15-13-24)28-9-5-6-18-31-28)33-37-20-19-36-27-16-10-23(11-17-27)21-29(30(34)35)32-26-7-3-2-4-8-26/h2-18,29,32-33H,1,19-21H2,(H,34,35). The smallest absolute Gasteiger partial charge is 0.326 e. The van der Waals surface area contributed by atoms with E-state index in [4.69, 9.17) is 9.57 Å². The van der Waals surface area contributed by atoms with Crippen molar-refractivity contribution in [2.45, 2.75) is 12.5 Å². The first-order valence-corrected chi connectivity index (χ1v) is 11.9. The lowest BCUT2D eigenvalue weighted by atomic mass is 10.1. The van der Waals surface area contributed by atoms with Gasteiger partial charge in [-0.05, 0) is 47.5 Å². The number of aromatic nitrogens is 1. The van der Waals surface area contributed by atoms with Crippen molar-refractivity contribution in [2.24, 2.45) is 0 Å². The molecule has 1 atom stereocenters. The molecule has 1 aromatic heterocycles. The molecule has 7 heteroatoms. The van der Waals surface area contributed by atoms with Crippen molar-refractivity contribution in [3.63, 3.8) is 0 Å². The number of hydrogen-bond donors (Lipinski definition) is 3. The van der Waals surface area contributed by atoms with Crippen LogP contribution in [0.4, 0.5) is 5.69 Å². The highest BCUT2D eigenvalue weighted by atomic mass is 16.7. The first kappa shape index (κ1) is 25.5. The van der Waals surface area contributed by atoms with E-state index < -0.39 is 12.0 Å². The highest BCUT2D eigenvalue weighted by Gasteiger charge is 2.17. The van der Waals surface area contributed by atoms with E-state index in [1.54, 1.807) is 6.20 Å². The van der Waals surface area contributed by atoms with Gasteiger partial charge in [0.15, 0.2) is 0 Å². The molecule has 0 aliphatic rings. The topological polar surface area (TPSA) is 92.7 Å². The number of carbonyl (C=O) groups is 1. The Morgan fingerprint density at radius 3 is 2.30 bits per heavy atom. The highest BCUT2D eigenvalue weighted by Crippen LogP contribution is 2.19. The fraction of sp³-hybridized carbons (Fsp3) is 0.133. The number of hydroxylamine groups is 1. The number of rotatable bonds is 13. The lowest BCUT2D eigenvalue weighted by Crippen LogP contribution is -2.31. The zero-order valence-corrected chi connectivity index (χ0v) is 20.3. The van der Waals surface area contributed by atoms with Crippen LogP contribution in [0.3, 0.4) is 0 Å². The molecule has 0 spiro atoms. The Kier molecular flexibility index (Phi) is 8.88. The van der Waals surface area contributed by atoms with Crippen LogP contribution >= 0.6 is 0 Å². The number of nitrogens with one attached hydrogen (secondary N) is 2. The molecule has 4 aromatic rings. The van der Waals surface area contributed by atoms with Crippen LogP contribution in [0.25, 0.3) is 17.0 Å². The summed E-state index contributed by atoms with van der Waals surface area (Å²) in [6, 6.07) is 29.7. The lowest BCUT2D eigenvalue weighted by molar-refractivity contribution is -0.137. The number of hydrogen-bond acceptors (Lipinski definition) is 6. The first-order chi connectivity index (χ1) is 18.1. The summed E-state index contributed by atoms with van der Waals surface area (Å²) < 4.78 is 5.73. The molecule has 0 aliphatic heterocycles. The summed E-state index contributed by atoms with van der Waals surface area (Å²) >= 11 is 0. The summed E-state index contributed by atoms with van der Waals surface area (Å²) in [5.41, 5.74) is 8.03. The Morgan fingerprint density at radius 1 is 0.892 bits per heavy atom. The molecular formula is C30H29N3O4. The van der Waals surface area contributed by atoms with Crippen LogP contribution in [0.5, 0.6) is 5.75 Å². The van der Waals surface area contributed by atoms with Crippen molar-refractivity contribution in [1.29, 1.82) is 0 Å². The van der Waals surface area contributed by atoms with Gasteiger partial charge >= 0.3 is 5.97 Å². The zero-order chi connectivity index (χ0) is 25.9. The Labute approximate surface area is 216 Å². The monoisotopic (exact) mass is 495 g/mol. The third-order valence-electron chi connectivity index (χ3n) is 5.62. The number of carboxylic acid groups (broad SMARTS) is 1. The number of para-hydroxylation sites is 1. The van der Waals surface area contributed by atoms with Crippen molar-refractivity contribution in [3.05, 3.63) is 121 Å². The van der Waals surface area contributed by atoms with Gasteiger partial charge in [0.25, 0.3) is 0 Å². The molecule has 7 nitrogen and oxygen atoms in total. The van der Waals surface area contributed by atoms with Crippen molar-refractivity contribution in [1.82, 2.24) is 10.5 Å². The van der Waals surface area contributed by atoms with Gasteiger partial charge in [0.1, 0.15) is 25.0 Å². The van der Waals surface area contributed by atoms with Gasteiger partial charge in [0.05, 0.1) is 11.4 Å². The molecule has 0 fully saturated rings. The van der Waals surface area contributed by atoms with Gasteiger partial charge in [-0.1, -0.05) is 67.2 Å². The minimum absolute atomic E-state index is 0.314. The number of aliphatic carboxylic acids is 1. The molecule has 3 N–H and O–H groups in total. The van der Waals surface area contributed by atoms with E-state index >= 15 is 0 Å². The van der Waals surface area contributed by atoms with Gasteiger partial charge in [-0.2, -0.15) is 0 Å². The number of carboxylic acids is 1. The molecule has 37 heavy (non-hydrogen) atoms. The van der Waals surface area contributed by atoms with Crippen LogP contribution in [0, 0.1) is 0 Å². The fourth-order valence-electron chi connectivity index (χ4n) is 3.67. The molecular weight excluding hydrogens is 466 g/mol. The molecule has 188 valence electrons. The Hall–Kier alpha value is -4.62. The quantitative estimate of drug-likeness (QED) is 0.168. The molecule has 0 aliphatic carbocycles. The van der Waals surface area contributed by atoms with E-state index in [0.717, 1.165) is 28.1 Å². The van der Waals surface area contributed by atoms with Crippen LogP contribution in [-0.4, -0.2) is 35.3 Å². The predicted octanol–water partition coefficient (Wildman–Crippen LogP) is 5.43. The summed E-state index contributed by atoms with van der Waals surface area (Å²) in [7, 11) is 0. The van der Waals surface area contributed by atoms with Crippen LogP contribution in [-0.2, 0) is 16.1 Å². The van der Waals surface area contributed by atoms with Crippen LogP contribution in [0.15, 0.2) is 110 Å². The summed E-state index contributed by atoms with van der Waals surface area (Å²) in [4.78, 5) is 21.5. The minimum Gasteiger partial charge on any atom is -0.491 e. The summed E-state index contributed by atoms with van der Waals surface area (Å²) in [6.45, 7) is 4.67. The number of nitrogens with zero attached hydrogens (tertiary/aromatic N) is 1. The Bertz CT molecular complexity index is 1280. The molecule has 1 unspecified atom stereocenters. The van der Waals surface area contributed by atoms with Crippen LogP contribution < -0.4 is 15.5 Å². The average molecular weight is 496 g/mol. The first-order valence-electron chi connectivity index (χ1n) is 11.9. The lowest BCUT2D eigenvalue weighted by Gasteiger charge is -2.16. The zero-order valence-electron chi connectivity index (χ0n) is 20.3. The van der Waals surface area contributed by atoms with Gasteiger partial charge < -0.3 is 15.2 Å². The van der Waals surface area contributed by atoms with E-state index in [0.29, 0.717) is 31.1 Å². The molecule has 0 amide bonds. The molecule has 1 heterocycles. The molecule has 3 aromatic carbocycles. The third-order valence-corrected chi connectivity index (χ3v) is 5.62. The molecule has 0 saturated carbocycles. The van der Waals surface area contributed by atoms with Gasteiger partial charge in [0, 0.05) is 23.9 Å². The van der Waals surface area contributed by atoms with Crippen molar-refractivity contribution < 1.29 is 19.5 Å². The van der Waals surface area contributed by atoms with Crippen molar-refractivity contribution in [3.8, 4) is 17.0 Å². The largest absolute Gasteiger partial charge is 0.491 e. The second-order valence-electron chi connectivity index (χ2n) is 8.32. The van der Waals surface area contributed by atoms with Gasteiger partial charge in [-0.25, -0.2) is 4.79 Å². The second kappa shape index (κ2) is 12.9. The molecule has 4 rings (SSSR count). The number of ether oxygens (including phenoxy) is 1. The van der Waals surface area contributed by atoms with Gasteiger partial charge in [-0.15, -0.1) is 0 Å². The van der Waals surface area contributed by atoms with Crippen LogP contribution in [0.2, 0.25) is 0 Å². The fourth-order valence-corrected chi connectivity index (χ4v) is 3.67. The average Bonchev–Trinajstić information content (AvgIpc) is 2.94. The molecule has 0 bridgehead atoms. The molecule has 0 saturated heterocycles. The van der Waals surface area contributed by atoms with Crippen LogP contribution in [0.1, 0.15) is 11.1 Å². The molecule has 0 radical (unpaired) electrons. The Morgan fingerprint density at radius 2 is 1.62 bits per heavy atom. The minimum atomic E-state index is -0.903. The van der Waals surface area contributed by atoms with Crippen molar-refractivity contribution in [2.75, 3.05) is 18.5 Å². The maximum atomic E-state index is 11.7. The number of benzene rings is 3. The second-order valence-corrected chi connectivity index (χ2v) is 8.32. The SMILES string of the molecule is C=C(NOCCOc1ccc(CC(Nc2ccccc2)C(=O)O)cc1)c1ccc(-c2ccccn2)cc1. The van der Waals surface area contributed by atoms with Gasteiger partial charge in [0.2, 0.25) is 0 Å². The summed E-state index contributed by atoms with van der Waals surface area (Å²) in [6.07, 6.45) is 2.12. The number of pyridine rings is 1. The van der Waals surface area contributed by atoms with E-state index in [-0.39, 0.29) is 0 Å². The normalized spacial score (nSPS) is 11.4.